The lowest BCUT2D eigenvalue weighted by atomic mass is 10.1. The minimum absolute atomic E-state index is 0.0740. The summed E-state index contributed by atoms with van der Waals surface area (Å²) in [7, 11) is 0. The zero-order valence-corrected chi connectivity index (χ0v) is 12.2. The molecular formula is C14H22N4O2. The van der Waals surface area contributed by atoms with Gasteiger partial charge in [-0.2, -0.15) is 0 Å². The lowest BCUT2D eigenvalue weighted by molar-refractivity contribution is 0.0739. The van der Waals surface area contributed by atoms with Gasteiger partial charge in [0.1, 0.15) is 5.84 Å². The maximum absolute atomic E-state index is 12.5. The fourth-order valence-corrected chi connectivity index (χ4v) is 1.90. The van der Waals surface area contributed by atoms with Crippen molar-refractivity contribution < 1.29 is 10.0 Å². The van der Waals surface area contributed by atoms with Crippen molar-refractivity contribution >= 4 is 11.7 Å². The molecule has 6 heteroatoms. The van der Waals surface area contributed by atoms with E-state index in [0.29, 0.717) is 36.7 Å². The number of nitrogens with zero attached hydrogens (tertiary/aromatic N) is 3. The zero-order valence-electron chi connectivity index (χ0n) is 12.2. The smallest absolute Gasteiger partial charge is 0.255 e. The number of pyridine rings is 1. The Morgan fingerprint density at radius 3 is 2.80 bits per heavy atom. The number of hydrogen-bond donors (Lipinski definition) is 2. The number of rotatable bonds is 6. The number of aromatic nitrogens is 1. The summed E-state index contributed by atoms with van der Waals surface area (Å²) in [5, 5.41) is 11.5. The number of amidine groups is 1. The quantitative estimate of drug-likeness (QED) is 0.358. The molecule has 0 saturated heterocycles. The van der Waals surface area contributed by atoms with Gasteiger partial charge in [-0.1, -0.05) is 19.0 Å². The topological polar surface area (TPSA) is 91.8 Å². The highest BCUT2D eigenvalue weighted by atomic mass is 16.4. The molecule has 3 N–H and O–H groups in total. The third-order valence-corrected chi connectivity index (χ3v) is 2.88. The third-order valence-electron chi connectivity index (χ3n) is 2.88. The minimum atomic E-state index is -0.0740. The maximum Gasteiger partial charge on any atom is 0.255 e. The van der Waals surface area contributed by atoms with Crippen LogP contribution in [0.1, 0.15) is 36.3 Å². The number of oxime groups is 1. The zero-order chi connectivity index (χ0) is 15.1. The van der Waals surface area contributed by atoms with E-state index in [4.69, 9.17) is 10.9 Å². The summed E-state index contributed by atoms with van der Waals surface area (Å²) < 4.78 is 0. The molecule has 20 heavy (non-hydrogen) atoms. The van der Waals surface area contributed by atoms with E-state index in [1.165, 1.54) is 0 Å². The summed E-state index contributed by atoms with van der Waals surface area (Å²) in [4.78, 5) is 18.4. The van der Waals surface area contributed by atoms with Gasteiger partial charge in [-0.15, -0.1) is 0 Å². The van der Waals surface area contributed by atoms with Crippen LogP contribution in [0.4, 0.5) is 0 Å². The Balaban J connectivity index is 2.87. The molecule has 1 rings (SSSR count). The summed E-state index contributed by atoms with van der Waals surface area (Å²) in [6.45, 7) is 6.93. The van der Waals surface area contributed by atoms with Crippen molar-refractivity contribution in [3.05, 3.63) is 29.6 Å². The molecule has 110 valence electrons. The lowest BCUT2D eigenvalue weighted by Gasteiger charge is -2.25. The number of carbonyl (C=O) groups is 1. The second kappa shape index (κ2) is 7.47. The molecule has 0 radical (unpaired) electrons. The Morgan fingerprint density at radius 2 is 2.25 bits per heavy atom. The van der Waals surface area contributed by atoms with Crippen molar-refractivity contribution in [3.8, 4) is 0 Å². The van der Waals surface area contributed by atoms with Crippen molar-refractivity contribution in [2.45, 2.75) is 27.2 Å². The van der Waals surface area contributed by atoms with Crippen LogP contribution in [-0.2, 0) is 0 Å². The molecule has 0 saturated carbocycles. The van der Waals surface area contributed by atoms with Crippen LogP contribution < -0.4 is 5.73 Å². The molecule has 6 nitrogen and oxygen atoms in total. The molecule has 0 aliphatic carbocycles. The van der Waals surface area contributed by atoms with Crippen LogP contribution in [0, 0.1) is 12.8 Å². The van der Waals surface area contributed by atoms with Crippen molar-refractivity contribution in [1.82, 2.24) is 9.88 Å². The minimum Gasteiger partial charge on any atom is -0.409 e. The molecule has 1 heterocycles. The van der Waals surface area contributed by atoms with Crippen molar-refractivity contribution in [1.29, 1.82) is 0 Å². The van der Waals surface area contributed by atoms with Crippen LogP contribution in [0.15, 0.2) is 23.5 Å². The van der Waals surface area contributed by atoms with Crippen LogP contribution >= 0.6 is 0 Å². The SMILES string of the molecule is Cc1ncccc1C(=O)N(CC/C(N)=N/O)CC(C)C. The molecule has 0 bridgehead atoms. The summed E-state index contributed by atoms with van der Waals surface area (Å²) in [5.74, 6) is 0.382. The fraction of sp³-hybridized carbons (Fsp3) is 0.500. The van der Waals surface area contributed by atoms with Gasteiger partial charge in [-0.25, -0.2) is 0 Å². The Labute approximate surface area is 119 Å². The maximum atomic E-state index is 12.5. The molecular weight excluding hydrogens is 256 g/mol. The first-order valence-electron chi connectivity index (χ1n) is 6.63. The molecule has 0 atom stereocenters. The molecule has 0 aliphatic heterocycles. The molecule has 1 aromatic heterocycles. The predicted molar refractivity (Wildman–Crippen MR) is 77.7 cm³/mol. The number of hydrogen-bond acceptors (Lipinski definition) is 4. The van der Waals surface area contributed by atoms with E-state index >= 15 is 0 Å². The fourth-order valence-electron chi connectivity index (χ4n) is 1.90. The molecule has 1 amide bonds. The molecule has 0 spiro atoms. The Kier molecular flexibility index (Phi) is 5.96. The molecule has 0 aromatic carbocycles. The second-order valence-electron chi connectivity index (χ2n) is 5.12. The summed E-state index contributed by atoms with van der Waals surface area (Å²) >= 11 is 0. The van der Waals surface area contributed by atoms with Crippen molar-refractivity contribution in [2.24, 2.45) is 16.8 Å². The van der Waals surface area contributed by atoms with Crippen molar-refractivity contribution in [2.75, 3.05) is 13.1 Å². The first kappa shape index (κ1) is 15.9. The van der Waals surface area contributed by atoms with Gasteiger partial charge in [0.15, 0.2) is 0 Å². The van der Waals surface area contributed by atoms with Crippen LogP contribution in [0.2, 0.25) is 0 Å². The van der Waals surface area contributed by atoms with E-state index in [0.717, 1.165) is 0 Å². The molecule has 1 aromatic rings. The van der Waals surface area contributed by atoms with Crippen LogP contribution in [0.5, 0.6) is 0 Å². The van der Waals surface area contributed by atoms with E-state index in [1.807, 2.05) is 20.8 Å². The summed E-state index contributed by atoms with van der Waals surface area (Å²) in [6.07, 6.45) is 2.00. The van der Waals surface area contributed by atoms with Gasteiger partial charge in [-0.3, -0.25) is 9.78 Å². The normalized spacial score (nSPS) is 11.7. The van der Waals surface area contributed by atoms with E-state index in [9.17, 15) is 4.79 Å². The van der Waals surface area contributed by atoms with Crippen LogP contribution in [0.25, 0.3) is 0 Å². The van der Waals surface area contributed by atoms with E-state index in [1.54, 1.807) is 23.2 Å². The molecule has 0 unspecified atom stereocenters. The monoisotopic (exact) mass is 278 g/mol. The first-order valence-corrected chi connectivity index (χ1v) is 6.63. The van der Waals surface area contributed by atoms with Gasteiger partial charge in [-0.05, 0) is 25.0 Å². The Morgan fingerprint density at radius 1 is 1.55 bits per heavy atom. The summed E-state index contributed by atoms with van der Waals surface area (Å²) in [6, 6.07) is 3.51. The van der Waals surface area contributed by atoms with Crippen LogP contribution in [-0.4, -0.2) is 39.9 Å². The number of amides is 1. The van der Waals surface area contributed by atoms with Gasteiger partial charge in [0.05, 0.1) is 5.56 Å². The highest BCUT2D eigenvalue weighted by Crippen LogP contribution is 2.11. The van der Waals surface area contributed by atoms with Gasteiger partial charge in [0.25, 0.3) is 5.91 Å². The van der Waals surface area contributed by atoms with E-state index in [-0.39, 0.29) is 11.7 Å². The van der Waals surface area contributed by atoms with Gasteiger partial charge in [0, 0.05) is 31.4 Å². The number of carbonyl (C=O) groups excluding carboxylic acids is 1. The Bertz CT molecular complexity index is 486. The average Bonchev–Trinajstić information content (AvgIpc) is 2.42. The average molecular weight is 278 g/mol. The van der Waals surface area contributed by atoms with E-state index in [2.05, 4.69) is 10.1 Å². The highest BCUT2D eigenvalue weighted by molar-refractivity contribution is 5.95. The van der Waals surface area contributed by atoms with Crippen LogP contribution in [0.3, 0.4) is 0 Å². The van der Waals surface area contributed by atoms with Gasteiger partial charge in [0.2, 0.25) is 0 Å². The standard InChI is InChI=1S/C14H22N4O2/c1-10(2)9-18(8-6-13(15)17-20)14(19)12-5-4-7-16-11(12)3/h4-5,7,10,20H,6,8-9H2,1-3H3,(H2,15,17). The van der Waals surface area contributed by atoms with E-state index < -0.39 is 0 Å². The van der Waals surface area contributed by atoms with Crippen molar-refractivity contribution in [3.63, 3.8) is 0 Å². The molecule has 0 aliphatic rings. The third kappa shape index (κ3) is 4.53. The molecule has 0 fully saturated rings. The first-order chi connectivity index (χ1) is 9.45. The summed E-state index contributed by atoms with van der Waals surface area (Å²) in [5.41, 5.74) is 6.76. The van der Waals surface area contributed by atoms with Gasteiger partial charge >= 0.3 is 0 Å². The number of nitrogens with two attached hydrogens (primary N) is 1. The lowest BCUT2D eigenvalue weighted by Crippen LogP contribution is -2.37. The highest BCUT2D eigenvalue weighted by Gasteiger charge is 2.19. The van der Waals surface area contributed by atoms with Gasteiger partial charge < -0.3 is 15.8 Å². The number of aryl methyl sites for hydroxylation is 1. The predicted octanol–water partition coefficient (Wildman–Crippen LogP) is 1.62. The largest absolute Gasteiger partial charge is 0.409 e. The second-order valence-corrected chi connectivity index (χ2v) is 5.12. The Hall–Kier alpha value is -2.11.